The molecule has 0 aliphatic carbocycles. The van der Waals surface area contributed by atoms with Crippen molar-refractivity contribution in [3.8, 4) is 10.7 Å². The van der Waals surface area contributed by atoms with Gasteiger partial charge in [-0.3, -0.25) is 4.40 Å². The van der Waals surface area contributed by atoms with Gasteiger partial charge in [-0.25, -0.2) is 4.98 Å². The van der Waals surface area contributed by atoms with E-state index in [4.69, 9.17) is 0 Å². The third kappa shape index (κ3) is 1.99. The van der Waals surface area contributed by atoms with E-state index in [1.807, 2.05) is 6.20 Å². The van der Waals surface area contributed by atoms with Crippen LogP contribution in [0.5, 0.6) is 0 Å². The van der Waals surface area contributed by atoms with E-state index in [2.05, 4.69) is 55.4 Å². The van der Waals surface area contributed by atoms with E-state index < -0.39 is 0 Å². The number of hydrogen-bond acceptors (Lipinski definition) is 4. The molecule has 20 heavy (non-hydrogen) atoms. The Labute approximate surface area is 121 Å². The first-order valence-corrected chi connectivity index (χ1v) is 7.76. The molecule has 0 aromatic carbocycles. The number of aromatic nitrogens is 2. The summed E-state index contributed by atoms with van der Waals surface area (Å²) in [6, 6.07) is 8.60. The number of hydrogen-bond donors (Lipinski definition) is 1. The van der Waals surface area contributed by atoms with Crippen LogP contribution in [-0.4, -0.2) is 35.6 Å². The monoisotopic (exact) mass is 284 g/mol. The number of fused-ring (bicyclic) bond motifs is 1. The molecule has 4 nitrogen and oxygen atoms in total. The van der Waals surface area contributed by atoms with E-state index in [0.717, 1.165) is 37.5 Å². The largest absolute Gasteiger partial charge is 0.369 e. The Morgan fingerprint density at radius 2 is 2.10 bits per heavy atom. The number of imidazole rings is 1. The van der Waals surface area contributed by atoms with Gasteiger partial charge in [-0.2, -0.15) is 0 Å². The van der Waals surface area contributed by atoms with Crippen molar-refractivity contribution in [3.63, 3.8) is 0 Å². The standard InChI is InChI=1S/C15H16N4S/c1-2-14(20-9-1)15-17-11-13-10-12(3-6-19(13)15)18-7-4-16-5-8-18/h1-3,6,9-11,16H,4-5,7-8H2. The molecule has 1 aliphatic rings. The number of rotatable bonds is 2. The van der Waals surface area contributed by atoms with Crippen LogP contribution in [0.2, 0.25) is 0 Å². The number of anilines is 1. The second-order valence-corrected chi connectivity index (χ2v) is 5.92. The Morgan fingerprint density at radius 3 is 2.90 bits per heavy atom. The average Bonchev–Trinajstić information content (AvgIpc) is 3.16. The van der Waals surface area contributed by atoms with Gasteiger partial charge >= 0.3 is 0 Å². The van der Waals surface area contributed by atoms with Crippen LogP contribution in [0.15, 0.2) is 42.0 Å². The Hall–Kier alpha value is -1.85. The second-order valence-electron chi connectivity index (χ2n) is 4.98. The van der Waals surface area contributed by atoms with Crippen molar-refractivity contribution in [1.82, 2.24) is 14.7 Å². The summed E-state index contributed by atoms with van der Waals surface area (Å²) in [7, 11) is 0. The van der Waals surface area contributed by atoms with Crippen LogP contribution in [0.4, 0.5) is 5.69 Å². The van der Waals surface area contributed by atoms with Crippen LogP contribution in [0.3, 0.4) is 0 Å². The molecule has 0 bridgehead atoms. The first-order chi connectivity index (χ1) is 9.92. The number of nitrogens with zero attached hydrogens (tertiary/aromatic N) is 3. The van der Waals surface area contributed by atoms with Gasteiger partial charge in [0, 0.05) is 38.1 Å². The fourth-order valence-corrected chi connectivity index (χ4v) is 3.41. The van der Waals surface area contributed by atoms with E-state index in [1.165, 1.54) is 10.6 Å². The summed E-state index contributed by atoms with van der Waals surface area (Å²) in [6.45, 7) is 4.26. The molecular formula is C15H16N4S. The van der Waals surface area contributed by atoms with Crippen molar-refractivity contribution in [2.75, 3.05) is 31.1 Å². The maximum absolute atomic E-state index is 4.57. The van der Waals surface area contributed by atoms with Crippen molar-refractivity contribution >= 4 is 22.5 Å². The molecule has 4 rings (SSSR count). The molecule has 1 fully saturated rings. The molecule has 102 valence electrons. The lowest BCUT2D eigenvalue weighted by atomic mass is 10.3. The Bertz CT molecular complexity index is 711. The topological polar surface area (TPSA) is 32.6 Å². The predicted molar refractivity (Wildman–Crippen MR) is 83.6 cm³/mol. The summed E-state index contributed by atoms with van der Waals surface area (Å²) in [5.74, 6) is 1.03. The number of piperazine rings is 1. The van der Waals surface area contributed by atoms with Gasteiger partial charge in [-0.1, -0.05) is 6.07 Å². The molecule has 0 spiro atoms. The predicted octanol–water partition coefficient (Wildman–Crippen LogP) is 2.47. The van der Waals surface area contributed by atoms with E-state index in [-0.39, 0.29) is 0 Å². The molecule has 1 saturated heterocycles. The molecule has 0 saturated carbocycles. The zero-order chi connectivity index (χ0) is 13.4. The normalized spacial score (nSPS) is 15.9. The Kier molecular flexibility index (Phi) is 2.94. The van der Waals surface area contributed by atoms with Crippen molar-refractivity contribution in [2.45, 2.75) is 0 Å². The van der Waals surface area contributed by atoms with Gasteiger partial charge in [0.25, 0.3) is 0 Å². The Morgan fingerprint density at radius 1 is 1.20 bits per heavy atom. The van der Waals surface area contributed by atoms with E-state index in [0.29, 0.717) is 0 Å². The summed E-state index contributed by atoms with van der Waals surface area (Å²) < 4.78 is 2.16. The molecule has 0 amide bonds. The zero-order valence-electron chi connectivity index (χ0n) is 11.1. The third-order valence-electron chi connectivity index (χ3n) is 3.74. The fraction of sp³-hybridized carbons (Fsp3) is 0.267. The van der Waals surface area contributed by atoms with Gasteiger partial charge in [0.05, 0.1) is 16.6 Å². The molecule has 3 aromatic heterocycles. The quantitative estimate of drug-likeness (QED) is 0.784. The molecule has 0 unspecified atom stereocenters. The third-order valence-corrected chi connectivity index (χ3v) is 4.61. The molecule has 5 heteroatoms. The first kappa shape index (κ1) is 11.9. The Balaban J connectivity index is 1.74. The lowest BCUT2D eigenvalue weighted by Gasteiger charge is -2.29. The summed E-state index contributed by atoms with van der Waals surface area (Å²) >= 11 is 1.73. The number of nitrogens with one attached hydrogen (secondary N) is 1. The molecule has 0 atom stereocenters. The summed E-state index contributed by atoms with van der Waals surface area (Å²) in [4.78, 5) is 8.20. The maximum atomic E-state index is 4.57. The van der Waals surface area contributed by atoms with Crippen molar-refractivity contribution in [2.24, 2.45) is 0 Å². The average molecular weight is 284 g/mol. The molecule has 1 N–H and O–H groups in total. The van der Waals surface area contributed by atoms with Gasteiger partial charge in [-0.15, -0.1) is 11.3 Å². The summed E-state index contributed by atoms with van der Waals surface area (Å²) in [5, 5.41) is 5.48. The highest BCUT2D eigenvalue weighted by atomic mass is 32.1. The van der Waals surface area contributed by atoms with Crippen LogP contribution in [0.25, 0.3) is 16.2 Å². The van der Waals surface area contributed by atoms with E-state index in [9.17, 15) is 0 Å². The van der Waals surface area contributed by atoms with Crippen molar-refractivity contribution in [1.29, 1.82) is 0 Å². The van der Waals surface area contributed by atoms with Gasteiger partial charge < -0.3 is 10.2 Å². The van der Waals surface area contributed by atoms with Gasteiger partial charge in [-0.05, 0) is 23.6 Å². The number of thiophene rings is 1. The van der Waals surface area contributed by atoms with Gasteiger partial charge in [0.15, 0.2) is 5.82 Å². The molecule has 1 aliphatic heterocycles. The van der Waals surface area contributed by atoms with Crippen LogP contribution in [0, 0.1) is 0 Å². The van der Waals surface area contributed by atoms with E-state index in [1.54, 1.807) is 11.3 Å². The zero-order valence-corrected chi connectivity index (χ0v) is 11.9. The first-order valence-electron chi connectivity index (χ1n) is 6.88. The minimum Gasteiger partial charge on any atom is -0.369 e. The van der Waals surface area contributed by atoms with Crippen LogP contribution < -0.4 is 10.2 Å². The molecule has 0 radical (unpaired) electrons. The molecule has 4 heterocycles. The highest BCUT2D eigenvalue weighted by Crippen LogP contribution is 2.26. The minimum atomic E-state index is 1.03. The van der Waals surface area contributed by atoms with E-state index >= 15 is 0 Å². The highest BCUT2D eigenvalue weighted by molar-refractivity contribution is 7.13. The molecule has 3 aromatic rings. The summed E-state index contributed by atoms with van der Waals surface area (Å²) in [6.07, 6.45) is 4.09. The summed E-state index contributed by atoms with van der Waals surface area (Å²) in [5.41, 5.74) is 2.45. The lowest BCUT2D eigenvalue weighted by molar-refractivity contribution is 0.589. The van der Waals surface area contributed by atoms with Crippen LogP contribution in [0.1, 0.15) is 0 Å². The molecular weight excluding hydrogens is 268 g/mol. The highest BCUT2D eigenvalue weighted by Gasteiger charge is 2.12. The second kappa shape index (κ2) is 4.92. The SMILES string of the molecule is c1csc(-c2ncc3cc(N4CCNCC4)ccn23)c1. The van der Waals surface area contributed by atoms with Crippen molar-refractivity contribution < 1.29 is 0 Å². The van der Waals surface area contributed by atoms with Crippen LogP contribution in [-0.2, 0) is 0 Å². The van der Waals surface area contributed by atoms with Crippen LogP contribution >= 0.6 is 11.3 Å². The maximum Gasteiger partial charge on any atom is 0.154 e. The van der Waals surface area contributed by atoms with Gasteiger partial charge in [0.2, 0.25) is 0 Å². The number of pyridine rings is 1. The fourth-order valence-electron chi connectivity index (χ4n) is 2.70. The van der Waals surface area contributed by atoms with Crippen molar-refractivity contribution in [3.05, 3.63) is 42.0 Å². The lowest BCUT2D eigenvalue weighted by Crippen LogP contribution is -2.43. The minimum absolute atomic E-state index is 1.03. The van der Waals surface area contributed by atoms with Gasteiger partial charge in [0.1, 0.15) is 0 Å². The smallest absolute Gasteiger partial charge is 0.154 e.